The summed E-state index contributed by atoms with van der Waals surface area (Å²) in [6.07, 6.45) is 5.72. The number of allylic oxidation sites excluding steroid dienone is 1. The maximum atomic E-state index is 5.75. The second kappa shape index (κ2) is 8.50. The van der Waals surface area contributed by atoms with Gasteiger partial charge in [-0.3, -0.25) is 0 Å². The molecule has 2 aromatic rings. The zero-order valence-electron chi connectivity index (χ0n) is 18.8. The van der Waals surface area contributed by atoms with Crippen LogP contribution in [0.3, 0.4) is 0 Å². The van der Waals surface area contributed by atoms with Crippen molar-refractivity contribution in [2.45, 2.75) is 53.9 Å². The van der Waals surface area contributed by atoms with Crippen LogP contribution in [0.25, 0.3) is 0 Å². The van der Waals surface area contributed by atoms with Crippen molar-refractivity contribution >= 4 is 17.2 Å². The van der Waals surface area contributed by atoms with Crippen molar-refractivity contribution in [3.8, 4) is 11.6 Å². The van der Waals surface area contributed by atoms with Crippen molar-refractivity contribution in [1.82, 2.24) is 4.98 Å². The number of hydrogen-bond acceptors (Lipinski definition) is 4. The molecule has 5 nitrogen and oxygen atoms in total. The SMILES string of the molecule is C=C(Nc1ccc(Oc2ccc(N=C(C)N)cn2)cc1)C1CC1(C)C.CC1(C)CC1. The molecule has 1 heterocycles. The van der Waals surface area contributed by atoms with Gasteiger partial charge in [0.1, 0.15) is 5.75 Å². The van der Waals surface area contributed by atoms with Gasteiger partial charge in [0.15, 0.2) is 0 Å². The van der Waals surface area contributed by atoms with Crippen LogP contribution in [0.4, 0.5) is 11.4 Å². The minimum absolute atomic E-state index is 0.372. The zero-order valence-corrected chi connectivity index (χ0v) is 18.8. The third kappa shape index (κ3) is 6.61. The van der Waals surface area contributed by atoms with Crippen molar-refractivity contribution in [2.75, 3.05) is 5.32 Å². The van der Waals surface area contributed by atoms with Crippen LogP contribution in [-0.2, 0) is 0 Å². The number of rotatable bonds is 6. The van der Waals surface area contributed by atoms with Crippen LogP contribution in [-0.4, -0.2) is 10.8 Å². The van der Waals surface area contributed by atoms with Gasteiger partial charge >= 0.3 is 0 Å². The second-order valence-electron chi connectivity index (χ2n) is 9.79. The van der Waals surface area contributed by atoms with Crippen molar-refractivity contribution < 1.29 is 4.74 Å². The minimum atomic E-state index is 0.372. The second-order valence-corrected chi connectivity index (χ2v) is 9.79. The van der Waals surface area contributed by atoms with E-state index in [1.807, 2.05) is 30.3 Å². The van der Waals surface area contributed by atoms with Gasteiger partial charge < -0.3 is 15.8 Å². The summed E-state index contributed by atoms with van der Waals surface area (Å²) in [5.74, 6) is 2.28. The lowest BCUT2D eigenvalue weighted by atomic mass is 10.1. The molecule has 0 spiro atoms. The van der Waals surface area contributed by atoms with Gasteiger partial charge in [-0.05, 0) is 67.3 Å². The summed E-state index contributed by atoms with van der Waals surface area (Å²) in [5, 5.41) is 3.38. The third-order valence-electron chi connectivity index (χ3n) is 5.59. The molecule has 2 aliphatic rings. The molecule has 3 N–H and O–H groups in total. The van der Waals surface area contributed by atoms with E-state index in [-0.39, 0.29) is 0 Å². The maximum Gasteiger partial charge on any atom is 0.219 e. The molecule has 5 heteroatoms. The fraction of sp³-hybridized carbons (Fsp3) is 0.440. The van der Waals surface area contributed by atoms with Crippen molar-refractivity contribution in [3.05, 3.63) is 54.9 Å². The quantitative estimate of drug-likeness (QED) is 0.415. The van der Waals surface area contributed by atoms with Crippen LogP contribution >= 0.6 is 0 Å². The summed E-state index contributed by atoms with van der Waals surface area (Å²) in [5.41, 5.74) is 9.46. The lowest BCUT2D eigenvalue weighted by Gasteiger charge is -2.12. The summed E-state index contributed by atoms with van der Waals surface area (Å²) < 4.78 is 5.75. The summed E-state index contributed by atoms with van der Waals surface area (Å²) >= 11 is 0. The molecule has 0 radical (unpaired) electrons. The lowest BCUT2D eigenvalue weighted by molar-refractivity contribution is 0.463. The number of aliphatic imine (C=N–C) groups is 1. The van der Waals surface area contributed by atoms with Gasteiger partial charge in [-0.2, -0.15) is 0 Å². The number of ether oxygens (including phenoxy) is 1. The monoisotopic (exact) mass is 406 g/mol. The standard InChI is InChI=1S/C20H24N4O.C5H10/c1-13(18-11-20(18,3)4)23-15-5-8-17(9-6-15)25-19-10-7-16(12-22-19)24-14(2)21;1-5(2)3-4-5/h5-10,12,18,23H,1,11H2,2-4H3,(H2,21,24);3-4H2,1-2H3. The Hall–Kier alpha value is -2.82. The van der Waals surface area contributed by atoms with Gasteiger partial charge in [-0.25, -0.2) is 9.98 Å². The highest BCUT2D eigenvalue weighted by Crippen LogP contribution is 2.55. The number of hydrogen-bond donors (Lipinski definition) is 2. The van der Waals surface area contributed by atoms with E-state index in [1.54, 1.807) is 19.2 Å². The highest BCUT2D eigenvalue weighted by molar-refractivity contribution is 5.80. The Kier molecular flexibility index (Phi) is 6.20. The molecule has 1 aromatic carbocycles. The molecule has 1 atom stereocenters. The fourth-order valence-corrected chi connectivity index (χ4v) is 3.01. The predicted molar refractivity (Wildman–Crippen MR) is 125 cm³/mol. The normalized spacial score (nSPS) is 20.4. The predicted octanol–water partition coefficient (Wildman–Crippen LogP) is 6.66. The first-order valence-corrected chi connectivity index (χ1v) is 10.5. The molecule has 0 saturated heterocycles. The molecule has 0 amide bonds. The Morgan fingerprint density at radius 3 is 2.17 bits per heavy atom. The van der Waals surface area contributed by atoms with Crippen molar-refractivity contribution in [1.29, 1.82) is 0 Å². The van der Waals surface area contributed by atoms with Crippen molar-refractivity contribution in [2.24, 2.45) is 27.5 Å². The van der Waals surface area contributed by atoms with Gasteiger partial charge in [0.05, 0.1) is 17.7 Å². The Bertz CT molecular complexity index is 901. The molecule has 2 fully saturated rings. The van der Waals surface area contributed by atoms with Crippen LogP contribution in [0, 0.1) is 16.7 Å². The first-order valence-electron chi connectivity index (χ1n) is 10.5. The Balaban J connectivity index is 0.000000448. The summed E-state index contributed by atoms with van der Waals surface area (Å²) in [7, 11) is 0. The topological polar surface area (TPSA) is 72.5 Å². The molecule has 4 rings (SSSR count). The van der Waals surface area contributed by atoms with Gasteiger partial charge in [0.25, 0.3) is 0 Å². The molecule has 30 heavy (non-hydrogen) atoms. The highest BCUT2D eigenvalue weighted by atomic mass is 16.5. The third-order valence-corrected chi connectivity index (χ3v) is 5.59. The zero-order chi connectivity index (χ0) is 21.9. The highest BCUT2D eigenvalue weighted by Gasteiger charge is 2.47. The van der Waals surface area contributed by atoms with Crippen molar-refractivity contribution in [3.63, 3.8) is 0 Å². The number of aromatic nitrogens is 1. The first kappa shape index (κ1) is 21.9. The van der Waals surface area contributed by atoms with Gasteiger partial charge in [-0.15, -0.1) is 0 Å². The largest absolute Gasteiger partial charge is 0.439 e. The van der Waals surface area contributed by atoms with Crippen LogP contribution in [0.5, 0.6) is 11.6 Å². The maximum absolute atomic E-state index is 5.75. The number of pyridine rings is 1. The van der Waals surface area contributed by atoms with Gasteiger partial charge in [0, 0.05) is 23.4 Å². The minimum Gasteiger partial charge on any atom is -0.439 e. The van der Waals surface area contributed by atoms with Gasteiger partial charge in [-0.1, -0.05) is 34.3 Å². The number of benzene rings is 1. The lowest BCUT2D eigenvalue weighted by Crippen LogP contribution is -2.03. The van der Waals surface area contributed by atoms with E-state index >= 15 is 0 Å². The van der Waals surface area contributed by atoms with E-state index in [0.717, 1.165) is 22.5 Å². The Morgan fingerprint density at radius 2 is 1.73 bits per heavy atom. The average Bonchev–Trinajstić information content (AvgIpc) is 3.55. The molecule has 1 unspecified atom stereocenters. The van der Waals surface area contributed by atoms with Crippen LogP contribution in [0.15, 0.2) is 59.9 Å². The van der Waals surface area contributed by atoms with Gasteiger partial charge in [0.2, 0.25) is 5.88 Å². The van der Waals surface area contributed by atoms with Crippen LogP contribution in [0.1, 0.15) is 53.9 Å². The summed E-state index contributed by atoms with van der Waals surface area (Å²) in [6.45, 7) is 15.0. The van der Waals surface area contributed by atoms with E-state index in [1.165, 1.54) is 19.3 Å². The van der Waals surface area contributed by atoms with Crippen LogP contribution in [0.2, 0.25) is 0 Å². The molecular weight excluding hydrogens is 372 g/mol. The number of nitrogens with one attached hydrogen (secondary N) is 1. The molecule has 160 valence electrons. The van der Waals surface area contributed by atoms with E-state index in [4.69, 9.17) is 10.5 Å². The average molecular weight is 407 g/mol. The molecular formula is C25H34N4O. The number of amidine groups is 1. The summed E-state index contributed by atoms with van der Waals surface area (Å²) in [4.78, 5) is 8.37. The van der Waals surface area contributed by atoms with E-state index in [9.17, 15) is 0 Å². The molecule has 2 saturated carbocycles. The van der Waals surface area contributed by atoms with E-state index < -0.39 is 0 Å². The molecule has 0 aliphatic heterocycles. The number of nitrogens with zero attached hydrogens (tertiary/aromatic N) is 2. The first-order chi connectivity index (χ1) is 14.0. The molecule has 1 aromatic heterocycles. The van der Waals surface area contributed by atoms with E-state index in [2.05, 4.69) is 49.6 Å². The van der Waals surface area contributed by atoms with E-state index in [0.29, 0.717) is 28.7 Å². The summed E-state index contributed by atoms with van der Waals surface area (Å²) in [6, 6.07) is 11.4. The molecule has 2 aliphatic carbocycles. The van der Waals surface area contributed by atoms with Crippen LogP contribution < -0.4 is 15.8 Å². The molecule has 0 bridgehead atoms. The Morgan fingerprint density at radius 1 is 1.13 bits per heavy atom. The smallest absolute Gasteiger partial charge is 0.219 e. The number of anilines is 1. The fourth-order valence-electron chi connectivity index (χ4n) is 3.01. The Labute approximate surface area is 180 Å². The number of nitrogens with two attached hydrogens (primary N) is 1.